The summed E-state index contributed by atoms with van der Waals surface area (Å²) < 4.78 is 10.5. The monoisotopic (exact) mass is 267 g/mol. The third-order valence-electron chi connectivity index (χ3n) is 2.39. The van der Waals surface area contributed by atoms with Gasteiger partial charge in [-0.1, -0.05) is 6.92 Å². The fourth-order valence-corrected chi connectivity index (χ4v) is 2.41. The molecule has 18 heavy (non-hydrogen) atoms. The summed E-state index contributed by atoms with van der Waals surface area (Å²) in [4.78, 5) is 15.5. The highest BCUT2D eigenvalue weighted by molar-refractivity contribution is 7.16. The number of aromatic carboxylic acids is 1. The van der Waals surface area contributed by atoms with Crippen molar-refractivity contribution in [3.8, 4) is 10.8 Å². The van der Waals surface area contributed by atoms with Crippen LogP contribution in [0.4, 0.5) is 0 Å². The van der Waals surface area contributed by atoms with Gasteiger partial charge in [0.1, 0.15) is 10.6 Å². The van der Waals surface area contributed by atoms with Crippen LogP contribution in [-0.4, -0.2) is 23.2 Å². The van der Waals surface area contributed by atoms with Crippen LogP contribution in [-0.2, 0) is 17.8 Å². The number of carboxylic acid groups (broad SMARTS) is 1. The number of aryl methyl sites for hydroxylation is 1. The van der Waals surface area contributed by atoms with E-state index in [1.54, 1.807) is 6.07 Å². The standard InChI is InChI=1S/C12H13NO4S/c1-3-7-4-5-9(17-7)11-13-8(6-16-2)10(18-11)12(14)15/h4-5H,3,6H2,1-2H3,(H,14,15). The number of rotatable bonds is 5. The number of hydrogen-bond donors (Lipinski definition) is 1. The Morgan fingerprint density at radius 3 is 2.89 bits per heavy atom. The van der Waals surface area contributed by atoms with Crippen molar-refractivity contribution in [2.45, 2.75) is 20.0 Å². The fraction of sp³-hybridized carbons (Fsp3) is 0.333. The average molecular weight is 267 g/mol. The van der Waals surface area contributed by atoms with Gasteiger partial charge >= 0.3 is 5.97 Å². The molecule has 0 aliphatic rings. The topological polar surface area (TPSA) is 72.6 Å². The smallest absolute Gasteiger partial charge is 0.347 e. The Morgan fingerprint density at radius 1 is 1.56 bits per heavy atom. The molecule has 5 nitrogen and oxygen atoms in total. The molecule has 0 aromatic carbocycles. The molecule has 0 fully saturated rings. The van der Waals surface area contributed by atoms with Crippen LogP contribution in [0, 0.1) is 0 Å². The molecule has 0 spiro atoms. The minimum atomic E-state index is -0.993. The molecule has 96 valence electrons. The van der Waals surface area contributed by atoms with Crippen LogP contribution >= 0.6 is 11.3 Å². The maximum absolute atomic E-state index is 11.1. The lowest BCUT2D eigenvalue weighted by Crippen LogP contribution is -1.99. The maximum Gasteiger partial charge on any atom is 0.347 e. The van der Waals surface area contributed by atoms with E-state index in [9.17, 15) is 4.79 Å². The minimum Gasteiger partial charge on any atom is -0.477 e. The Labute approximate surface area is 108 Å². The van der Waals surface area contributed by atoms with Crippen LogP contribution in [0.2, 0.25) is 0 Å². The summed E-state index contributed by atoms with van der Waals surface area (Å²) in [6.45, 7) is 2.17. The molecule has 0 saturated heterocycles. The lowest BCUT2D eigenvalue weighted by Gasteiger charge is -1.94. The number of carboxylic acids is 1. The van der Waals surface area contributed by atoms with Gasteiger partial charge < -0.3 is 14.3 Å². The van der Waals surface area contributed by atoms with Gasteiger partial charge in [0.25, 0.3) is 0 Å². The van der Waals surface area contributed by atoms with Crippen LogP contribution in [0.3, 0.4) is 0 Å². The SMILES string of the molecule is CCc1ccc(-c2nc(COC)c(C(=O)O)s2)o1. The van der Waals surface area contributed by atoms with E-state index < -0.39 is 5.97 Å². The molecular weight excluding hydrogens is 254 g/mol. The van der Waals surface area contributed by atoms with E-state index >= 15 is 0 Å². The summed E-state index contributed by atoms with van der Waals surface area (Å²) in [7, 11) is 1.51. The molecule has 2 aromatic rings. The van der Waals surface area contributed by atoms with Crippen molar-refractivity contribution in [1.29, 1.82) is 0 Å². The minimum absolute atomic E-state index is 0.180. The van der Waals surface area contributed by atoms with Crippen molar-refractivity contribution >= 4 is 17.3 Å². The highest BCUT2D eigenvalue weighted by Gasteiger charge is 2.19. The molecule has 0 saturated carbocycles. The predicted molar refractivity (Wildman–Crippen MR) is 66.9 cm³/mol. The normalized spacial score (nSPS) is 10.8. The van der Waals surface area contributed by atoms with Crippen molar-refractivity contribution in [2.24, 2.45) is 0 Å². The Kier molecular flexibility index (Phi) is 3.78. The van der Waals surface area contributed by atoms with E-state index in [4.69, 9.17) is 14.3 Å². The molecule has 0 atom stereocenters. The average Bonchev–Trinajstić information content (AvgIpc) is 2.94. The van der Waals surface area contributed by atoms with Crippen molar-refractivity contribution in [3.63, 3.8) is 0 Å². The summed E-state index contributed by atoms with van der Waals surface area (Å²) in [5.74, 6) is 0.458. The summed E-state index contributed by atoms with van der Waals surface area (Å²) in [6, 6.07) is 3.67. The zero-order chi connectivity index (χ0) is 13.1. The highest BCUT2D eigenvalue weighted by atomic mass is 32.1. The number of nitrogens with zero attached hydrogens (tertiary/aromatic N) is 1. The first-order chi connectivity index (χ1) is 8.65. The highest BCUT2D eigenvalue weighted by Crippen LogP contribution is 2.30. The first kappa shape index (κ1) is 12.8. The van der Waals surface area contributed by atoms with E-state index in [1.165, 1.54) is 7.11 Å². The number of thiazole rings is 1. The summed E-state index contributed by atoms with van der Waals surface area (Å²) in [6.07, 6.45) is 0.794. The largest absolute Gasteiger partial charge is 0.477 e. The molecule has 2 aromatic heterocycles. The van der Waals surface area contributed by atoms with Gasteiger partial charge in [-0.05, 0) is 12.1 Å². The van der Waals surface area contributed by atoms with Crippen molar-refractivity contribution in [3.05, 3.63) is 28.5 Å². The Morgan fingerprint density at radius 2 is 2.33 bits per heavy atom. The van der Waals surface area contributed by atoms with Gasteiger partial charge in [0.05, 0.1) is 12.3 Å². The first-order valence-electron chi connectivity index (χ1n) is 5.46. The molecule has 2 heterocycles. The molecule has 0 aliphatic heterocycles. The fourth-order valence-electron chi connectivity index (χ4n) is 1.54. The zero-order valence-corrected chi connectivity index (χ0v) is 10.9. The second kappa shape index (κ2) is 5.32. The second-order valence-electron chi connectivity index (χ2n) is 3.65. The zero-order valence-electron chi connectivity index (χ0n) is 10.1. The number of furan rings is 1. The molecule has 0 unspecified atom stereocenters. The van der Waals surface area contributed by atoms with Crippen LogP contribution in [0.5, 0.6) is 0 Å². The van der Waals surface area contributed by atoms with Gasteiger partial charge in [-0.15, -0.1) is 11.3 Å². The third kappa shape index (κ3) is 2.44. The number of aromatic nitrogens is 1. The number of hydrogen-bond acceptors (Lipinski definition) is 5. The second-order valence-corrected chi connectivity index (χ2v) is 4.65. The molecule has 0 bridgehead atoms. The van der Waals surface area contributed by atoms with E-state index in [0.717, 1.165) is 23.5 Å². The van der Waals surface area contributed by atoms with Crippen molar-refractivity contribution in [1.82, 2.24) is 4.98 Å². The van der Waals surface area contributed by atoms with Gasteiger partial charge in [0.15, 0.2) is 10.8 Å². The number of methoxy groups -OCH3 is 1. The van der Waals surface area contributed by atoms with Crippen LogP contribution in [0.1, 0.15) is 28.0 Å². The molecule has 2 rings (SSSR count). The lowest BCUT2D eigenvalue weighted by molar-refractivity contribution is 0.0697. The summed E-state index contributed by atoms with van der Waals surface area (Å²) in [5.41, 5.74) is 0.430. The molecule has 0 aliphatic carbocycles. The maximum atomic E-state index is 11.1. The van der Waals surface area contributed by atoms with Crippen molar-refractivity contribution in [2.75, 3.05) is 7.11 Å². The van der Waals surface area contributed by atoms with E-state index in [0.29, 0.717) is 16.5 Å². The Hall–Kier alpha value is -1.66. The van der Waals surface area contributed by atoms with Crippen LogP contribution in [0.25, 0.3) is 10.8 Å². The number of carbonyl (C=O) groups is 1. The van der Waals surface area contributed by atoms with Crippen LogP contribution in [0.15, 0.2) is 16.5 Å². The Bertz CT molecular complexity index is 558. The molecule has 0 radical (unpaired) electrons. The van der Waals surface area contributed by atoms with Crippen LogP contribution < -0.4 is 0 Å². The number of ether oxygens (including phenoxy) is 1. The van der Waals surface area contributed by atoms with E-state index in [-0.39, 0.29) is 11.5 Å². The lowest BCUT2D eigenvalue weighted by atomic mass is 10.3. The first-order valence-corrected chi connectivity index (χ1v) is 6.28. The van der Waals surface area contributed by atoms with Crippen molar-refractivity contribution < 1.29 is 19.1 Å². The van der Waals surface area contributed by atoms with Gasteiger partial charge in [-0.25, -0.2) is 9.78 Å². The summed E-state index contributed by atoms with van der Waals surface area (Å²) in [5, 5.41) is 9.66. The summed E-state index contributed by atoms with van der Waals surface area (Å²) >= 11 is 1.10. The van der Waals surface area contributed by atoms with E-state index in [1.807, 2.05) is 13.0 Å². The molecule has 1 N–H and O–H groups in total. The predicted octanol–water partition coefficient (Wildman–Crippen LogP) is 2.81. The third-order valence-corrected chi connectivity index (χ3v) is 3.49. The van der Waals surface area contributed by atoms with Gasteiger partial charge in [-0.3, -0.25) is 0 Å². The Balaban J connectivity index is 2.39. The molecule has 0 amide bonds. The van der Waals surface area contributed by atoms with E-state index in [2.05, 4.69) is 4.98 Å². The van der Waals surface area contributed by atoms with Gasteiger partial charge in [0, 0.05) is 13.5 Å². The quantitative estimate of drug-likeness (QED) is 0.901. The van der Waals surface area contributed by atoms with Gasteiger partial charge in [-0.2, -0.15) is 0 Å². The van der Waals surface area contributed by atoms with Gasteiger partial charge in [0.2, 0.25) is 0 Å². The molecular formula is C12H13NO4S. The molecule has 6 heteroatoms.